The summed E-state index contributed by atoms with van der Waals surface area (Å²) in [6.07, 6.45) is 0. The molecule has 0 radical (unpaired) electrons. The predicted octanol–water partition coefficient (Wildman–Crippen LogP) is 5.25. The minimum absolute atomic E-state index is 0.318. The van der Waals surface area contributed by atoms with Gasteiger partial charge in [0, 0.05) is 22.7 Å². The van der Waals surface area contributed by atoms with Gasteiger partial charge in [-0.15, -0.1) is 0 Å². The van der Waals surface area contributed by atoms with Gasteiger partial charge in [0.15, 0.2) is 0 Å². The van der Waals surface area contributed by atoms with E-state index >= 15 is 0 Å². The van der Waals surface area contributed by atoms with E-state index in [4.69, 9.17) is 33.7 Å². The molecule has 0 saturated heterocycles. The van der Waals surface area contributed by atoms with Gasteiger partial charge in [0.05, 0.1) is 5.02 Å². The van der Waals surface area contributed by atoms with Crippen molar-refractivity contribution in [2.45, 2.75) is 19.9 Å². The van der Waals surface area contributed by atoms with Crippen LogP contribution in [0.5, 0.6) is 11.5 Å². The number of hydrogen-bond acceptors (Lipinski definition) is 2. The smallest absolute Gasteiger partial charge is 0.147 e. The van der Waals surface area contributed by atoms with Crippen LogP contribution in [0.1, 0.15) is 24.1 Å². The lowest BCUT2D eigenvalue weighted by Gasteiger charge is -2.16. The highest BCUT2D eigenvalue weighted by Gasteiger charge is 2.14. The van der Waals surface area contributed by atoms with Crippen LogP contribution in [0.4, 0.5) is 4.39 Å². The molecule has 0 amide bonds. The van der Waals surface area contributed by atoms with E-state index in [0.29, 0.717) is 32.7 Å². The highest BCUT2D eigenvalue weighted by Crippen LogP contribution is 2.35. The van der Waals surface area contributed by atoms with Crippen molar-refractivity contribution < 1.29 is 9.13 Å². The first-order valence-corrected chi connectivity index (χ1v) is 6.82. The Morgan fingerprint density at radius 1 is 1.15 bits per heavy atom. The summed E-state index contributed by atoms with van der Waals surface area (Å²) in [6.45, 7) is 3.42. The molecule has 2 nitrogen and oxygen atoms in total. The first kappa shape index (κ1) is 15.1. The standard InChI is InChI=1S/C15H14Cl2FNO/c1-8-5-14(11(9(2)19)7-13(8)18)20-15-6-10(16)3-4-12(15)17/h3-7,9H,19H2,1-2H3/t9-/m1/s1. The van der Waals surface area contributed by atoms with Crippen molar-refractivity contribution in [3.8, 4) is 11.5 Å². The molecule has 0 aromatic heterocycles. The number of hydrogen-bond donors (Lipinski definition) is 1. The Morgan fingerprint density at radius 3 is 2.50 bits per heavy atom. The van der Waals surface area contributed by atoms with Crippen molar-refractivity contribution in [1.82, 2.24) is 0 Å². The summed E-state index contributed by atoms with van der Waals surface area (Å²) in [5.74, 6) is 0.567. The van der Waals surface area contributed by atoms with Crippen molar-refractivity contribution >= 4 is 23.2 Å². The van der Waals surface area contributed by atoms with Gasteiger partial charge in [-0.25, -0.2) is 4.39 Å². The number of nitrogens with two attached hydrogens (primary N) is 1. The Balaban J connectivity index is 2.47. The first-order valence-electron chi connectivity index (χ1n) is 6.07. The topological polar surface area (TPSA) is 35.2 Å². The van der Waals surface area contributed by atoms with Crippen molar-refractivity contribution in [3.05, 3.63) is 57.3 Å². The van der Waals surface area contributed by atoms with Crippen LogP contribution in [0.2, 0.25) is 10.0 Å². The Morgan fingerprint density at radius 2 is 1.85 bits per heavy atom. The van der Waals surface area contributed by atoms with Crippen LogP contribution in [0.3, 0.4) is 0 Å². The summed E-state index contributed by atoms with van der Waals surface area (Å²) in [5, 5.41) is 0.928. The summed E-state index contributed by atoms with van der Waals surface area (Å²) >= 11 is 12.0. The van der Waals surface area contributed by atoms with E-state index in [-0.39, 0.29) is 11.9 Å². The molecule has 0 aliphatic carbocycles. The van der Waals surface area contributed by atoms with Crippen molar-refractivity contribution in [2.24, 2.45) is 5.73 Å². The molecule has 0 saturated carbocycles. The zero-order valence-corrected chi connectivity index (χ0v) is 12.6. The van der Waals surface area contributed by atoms with Gasteiger partial charge in [-0.05, 0) is 43.7 Å². The van der Waals surface area contributed by atoms with E-state index < -0.39 is 0 Å². The average Bonchev–Trinajstić information content (AvgIpc) is 2.37. The van der Waals surface area contributed by atoms with Crippen molar-refractivity contribution in [2.75, 3.05) is 0 Å². The molecule has 2 rings (SSSR count). The van der Waals surface area contributed by atoms with E-state index in [0.717, 1.165) is 0 Å². The summed E-state index contributed by atoms with van der Waals surface area (Å²) in [6, 6.07) is 7.53. The Labute approximate surface area is 127 Å². The quantitative estimate of drug-likeness (QED) is 0.839. The normalized spacial score (nSPS) is 12.3. The lowest BCUT2D eigenvalue weighted by molar-refractivity contribution is 0.468. The number of ether oxygens (including phenoxy) is 1. The van der Waals surface area contributed by atoms with E-state index in [1.807, 2.05) is 0 Å². The molecule has 0 heterocycles. The van der Waals surface area contributed by atoms with Gasteiger partial charge < -0.3 is 10.5 Å². The molecule has 1 atom stereocenters. The highest BCUT2D eigenvalue weighted by atomic mass is 35.5. The maximum Gasteiger partial charge on any atom is 0.147 e. The van der Waals surface area contributed by atoms with Gasteiger partial charge in [0.1, 0.15) is 17.3 Å². The fourth-order valence-electron chi connectivity index (χ4n) is 1.79. The minimum Gasteiger partial charge on any atom is -0.455 e. The third-order valence-electron chi connectivity index (χ3n) is 2.89. The molecular weight excluding hydrogens is 300 g/mol. The lowest BCUT2D eigenvalue weighted by Crippen LogP contribution is -2.08. The van der Waals surface area contributed by atoms with Crippen LogP contribution in [0, 0.1) is 12.7 Å². The molecule has 0 aliphatic rings. The third kappa shape index (κ3) is 3.23. The molecule has 0 spiro atoms. The fourth-order valence-corrected chi connectivity index (χ4v) is 2.11. The third-order valence-corrected chi connectivity index (χ3v) is 3.44. The Kier molecular flexibility index (Phi) is 4.53. The molecule has 106 valence electrons. The van der Waals surface area contributed by atoms with E-state index in [9.17, 15) is 4.39 Å². The Hall–Kier alpha value is -1.29. The number of halogens is 3. The van der Waals surface area contributed by atoms with Gasteiger partial charge in [0.2, 0.25) is 0 Å². The fraction of sp³-hybridized carbons (Fsp3) is 0.200. The lowest BCUT2D eigenvalue weighted by atomic mass is 10.1. The van der Waals surface area contributed by atoms with Crippen LogP contribution in [0.15, 0.2) is 30.3 Å². The molecule has 2 aromatic rings. The maximum absolute atomic E-state index is 13.6. The van der Waals surface area contributed by atoms with Crippen molar-refractivity contribution in [3.63, 3.8) is 0 Å². The predicted molar refractivity (Wildman–Crippen MR) is 80.3 cm³/mol. The highest BCUT2D eigenvalue weighted by molar-refractivity contribution is 6.34. The van der Waals surface area contributed by atoms with E-state index in [2.05, 4.69) is 0 Å². The molecule has 2 aromatic carbocycles. The maximum atomic E-state index is 13.6. The summed E-state index contributed by atoms with van der Waals surface area (Å²) in [4.78, 5) is 0. The minimum atomic E-state index is -0.363. The van der Waals surface area contributed by atoms with Gasteiger partial charge in [0.25, 0.3) is 0 Å². The van der Waals surface area contributed by atoms with Gasteiger partial charge in [-0.3, -0.25) is 0 Å². The largest absolute Gasteiger partial charge is 0.455 e. The molecular formula is C15H14Cl2FNO. The van der Waals surface area contributed by atoms with Crippen LogP contribution < -0.4 is 10.5 Å². The number of rotatable bonds is 3. The molecule has 0 aliphatic heterocycles. The molecule has 20 heavy (non-hydrogen) atoms. The second-order valence-corrected chi connectivity index (χ2v) is 5.45. The second kappa shape index (κ2) is 6.00. The van der Waals surface area contributed by atoms with E-state index in [1.165, 1.54) is 6.07 Å². The summed E-state index contributed by atoms with van der Waals surface area (Å²) in [7, 11) is 0. The molecule has 0 fully saturated rings. The first-order chi connectivity index (χ1) is 9.38. The zero-order chi connectivity index (χ0) is 14.9. The zero-order valence-electron chi connectivity index (χ0n) is 11.1. The molecule has 2 N–H and O–H groups in total. The summed E-state index contributed by atoms with van der Waals surface area (Å²) in [5.41, 5.74) is 6.90. The Bertz CT molecular complexity index is 644. The SMILES string of the molecule is Cc1cc(Oc2cc(Cl)ccc2Cl)c([C@@H](C)N)cc1F. The molecule has 0 bridgehead atoms. The van der Waals surface area contributed by atoms with Crippen LogP contribution in [-0.4, -0.2) is 0 Å². The van der Waals surface area contributed by atoms with Crippen LogP contribution in [-0.2, 0) is 0 Å². The number of aryl methyl sites for hydroxylation is 1. The van der Waals surface area contributed by atoms with Crippen LogP contribution >= 0.6 is 23.2 Å². The number of benzene rings is 2. The summed E-state index contributed by atoms with van der Waals surface area (Å²) < 4.78 is 19.4. The van der Waals surface area contributed by atoms with Gasteiger partial charge >= 0.3 is 0 Å². The van der Waals surface area contributed by atoms with Crippen molar-refractivity contribution in [1.29, 1.82) is 0 Å². The van der Waals surface area contributed by atoms with E-state index in [1.54, 1.807) is 38.1 Å². The average molecular weight is 314 g/mol. The molecule has 0 unspecified atom stereocenters. The monoisotopic (exact) mass is 313 g/mol. The van der Waals surface area contributed by atoms with Gasteiger partial charge in [-0.2, -0.15) is 0 Å². The van der Waals surface area contributed by atoms with Crippen LogP contribution in [0.25, 0.3) is 0 Å². The second-order valence-electron chi connectivity index (χ2n) is 4.60. The molecule has 5 heteroatoms. The van der Waals surface area contributed by atoms with Gasteiger partial charge in [-0.1, -0.05) is 23.2 Å².